The minimum atomic E-state index is -0.146. The number of carbonyl (C=O) groups is 1. The topological polar surface area (TPSA) is 72.1 Å². The van der Waals surface area contributed by atoms with Crippen molar-refractivity contribution in [1.29, 1.82) is 0 Å². The van der Waals surface area contributed by atoms with Gasteiger partial charge in [0.15, 0.2) is 5.82 Å². The lowest BCUT2D eigenvalue weighted by Crippen LogP contribution is -2.30. The summed E-state index contributed by atoms with van der Waals surface area (Å²) in [5, 5.41) is 4.01. The molecular formula is C18H24N4O2. The highest BCUT2D eigenvalue weighted by Crippen LogP contribution is 2.32. The first-order chi connectivity index (χ1) is 11.4. The van der Waals surface area contributed by atoms with E-state index in [1.54, 1.807) is 12.4 Å². The van der Waals surface area contributed by atoms with Gasteiger partial charge < -0.3 is 9.42 Å². The Balaban J connectivity index is 1.61. The molecule has 0 N–H and O–H groups in total. The molecule has 1 fully saturated rings. The molecule has 0 aromatic carbocycles. The maximum absolute atomic E-state index is 12.6. The maximum Gasteiger partial charge on any atom is 0.227 e. The predicted molar refractivity (Wildman–Crippen MR) is 89.2 cm³/mol. The van der Waals surface area contributed by atoms with Gasteiger partial charge in [-0.2, -0.15) is 4.98 Å². The molecule has 6 nitrogen and oxygen atoms in total. The number of nitrogens with zero attached hydrogens (tertiary/aromatic N) is 4. The Hall–Kier alpha value is -2.24. The molecule has 128 valence electrons. The summed E-state index contributed by atoms with van der Waals surface area (Å²) in [6.45, 7) is 6.92. The first-order valence-corrected chi connectivity index (χ1v) is 8.47. The lowest BCUT2D eigenvalue weighted by atomic mass is 9.96. The van der Waals surface area contributed by atoms with Gasteiger partial charge in [-0.25, -0.2) is 0 Å². The van der Waals surface area contributed by atoms with Crippen molar-refractivity contribution < 1.29 is 9.32 Å². The molecule has 0 unspecified atom stereocenters. The number of amides is 1. The Morgan fingerprint density at radius 3 is 2.75 bits per heavy atom. The largest absolute Gasteiger partial charge is 0.339 e. The standard InChI is InChI=1S/C18H24N4O2/c1-18(2,3)17-20-15(24-21-17)6-7-16(23)22-12-4-5-14(22)13-8-10-19-11-9-13/h8-11,14H,4-7,12H2,1-3H3/t14-/m0/s1. The van der Waals surface area contributed by atoms with Gasteiger partial charge in [0, 0.05) is 37.2 Å². The van der Waals surface area contributed by atoms with Gasteiger partial charge in [0.05, 0.1) is 6.04 Å². The van der Waals surface area contributed by atoms with Crippen LogP contribution in [0, 0.1) is 0 Å². The van der Waals surface area contributed by atoms with E-state index >= 15 is 0 Å². The van der Waals surface area contributed by atoms with Crippen LogP contribution in [0.25, 0.3) is 0 Å². The van der Waals surface area contributed by atoms with Crippen LogP contribution in [-0.2, 0) is 16.6 Å². The minimum absolute atomic E-state index is 0.143. The number of aryl methyl sites for hydroxylation is 1. The van der Waals surface area contributed by atoms with Crippen molar-refractivity contribution in [2.45, 2.75) is 57.9 Å². The van der Waals surface area contributed by atoms with E-state index in [0.29, 0.717) is 24.6 Å². The molecule has 2 aromatic rings. The third-order valence-electron chi connectivity index (χ3n) is 4.36. The molecule has 3 heterocycles. The lowest BCUT2D eigenvalue weighted by Gasteiger charge is -2.24. The molecule has 0 bridgehead atoms. The zero-order valence-corrected chi connectivity index (χ0v) is 14.5. The van der Waals surface area contributed by atoms with Crippen LogP contribution in [0.1, 0.15) is 63.4 Å². The van der Waals surface area contributed by atoms with Gasteiger partial charge in [-0.05, 0) is 30.5 Å². The average molecular weight is 328 g/mol. The summed E-state index contributed by atoms with van der Waals surface area (Å²) in [5.74, 6) is 1.36. The van der Waals surface area contributed by atoms with E-state index in [2.05, 4.69) is 15.1 Å². The van der Waals surface area contributed by atoms with Crippen molar-refractivity contribution in [3.05, 3.63) is 41.8 Å². The molecule has 1 amide bonds. The van der Waals surface area contributed by atoms with E-state index in [9.17, 15) is 4.79 Å². The fourth-order valence-electron chi connectivity index (χ4n) is 3.02. The zero-order chi connectivity index (χ0) is 17.2. The van der Waals surface area contributed by atoms with E-state index in [1.165, 1.54) is 0 Å². The highest BCUT2D eigenvalue weighted by molar-refractivity contribution is 5.77. The Kier molecular flexibility index (Phi) is 4.64. The van der Waals surface area contributed by atoms with Crippen molar-refractivity contribution in [2.24, 2.45) is 0 Å². The molecular weight excluding hydrogens is 304 g/mol. The fourth-order valence-corrected chi connectivity index (χ4v) is 3.02. The Morgan fingerprint density at radius 1 is 1.33 bits per heavy atom. The van der Waals surface area contributed by atoms with Crippen LogP contribution in [0.4, 0.5) is 0 Å². The van der Waals surface area contributed by atoms with Gasteiger partial charge in [0.25, 0.3) is 0 Å². The van der Waals surface area contributed by atoms with Gasteiger partial charge in [-0.15, -0.1) is 0 Å². The molecule has 0 saturated carbocycles. The van der Waals surface area contributed by atoms with Gasteiger partial charge in [0.2, 0.25) is 11.8 Å². The lowest BCUT2D eigenvalue weighted by molar-refractivity contribution is -0.132. The van der Waals surface area contributed by atoms with Crippen LogP contribution in [0.3, 0.4) is 0 Å². The molecule has 1 aliphatic rings. The highest BCUT2D eigenvalue weighted by Gasteiger charge is 2.30. The third-order valence-corrected chi connectivity index (χ3v) is 4.36. The molecule has 24 heavy (non-hydrogen) atoms. The van der Waals surface area contributed by atoms with Crippen LogP contribution in [0.15, 0.2) is 29.0 Å². The Labute approximate surface area is 142 Å². The van der Waals surface area contributed by atoms with Gasteiger partial charge in [-0.3, -0.25) is 9.78 Å². The number of likely N-dealkylation sites (tertiary alicyclic amines) is 1. The second-order valence-electron chi connectivity index (χ2n) is 7.29. The molecule has 0 spiro atoms. The molecule has 1 atom stereocenters. The molecule has 3 rings (SSSR count). The van der Waals surface area contributed by atoms with Crippen LogP contribution in [0.2, 0.25) is 0 Å². The van der Waals surface area contributed by atoms with Gasteiger partial charge >= 0.3 is 0 Å². The van der Waals surface area contributed by atoms with Crippen LogP contribution in [0.5, 0.6) is 0 Å². The quantitative estimate of drug-likeness (QED) is 0.862. The molecule has 0 aliphatic carbocycles. The first kappa shape index (κ1) is 16.6. The third kappa shape index (κ3) is 3.63. The summed E-state index contributed by atoms with van der Waals surface area (Å²) in [5.41, 5.74) is 1.01. The highest BCUT2D eigenvalue weighted by atomic mass is 16.5. The molecule has 1 saturated heterocycles. The number of aromatic nitrogens is 3. The molecule has 0 radical (unpaired) electrons. The molecule has 6 heteroatoms. The summed E-state index contributed by atoms with van der Waals surface area (Å²) in [7, 11) is 0. The van der Waals surface area contributed by atoms with Crippen LogP contribution < -0.4 is 0 Å². The van der Waals surface area contributed by atoms with E-state index in [4.69, 9.17) is 4.52 Å². The number of pyridine rings is 1. The average Bonchev–Trinajstić information content (AvgIpc) is 3.22. The monoisotopic (exact) mass is 328 g/mol. The fraction of sp³-hybridized carbons (Fsp3) is 0.556. The Morgan fingerprint density at radius 2 is 2.08 bits per heavy atom. The van der Waals surface area contributed by atoms with Crippen molar-refractivity contribution >= 4 is 5.91 Å². The second kappa shape index (κ2) is 6.71. The summed E-state index contributed by atoms with van der Waals surface area (Å²) in [6.07, 6.45) is 6.48. The summed E-state index contributed by atoms with van der Waals surface area (Å²) < 4.78 is 5.28. The van der Waals surface area contributed by atoms with Crippen LogP contribution in [-0.4, -0.2) is 32.5 Å². The maximum atomic E-state index is 12.6. The minimum Gasteiger partial charge on any atom is -0.339 e. The number of rotatable bonds is 4. The molecule has 1 aliphatic heterocycles. The van der Waals surface area contributed by atoms with E-state index in [0.717, 1.165) is 24.9 Å². The van der Waals surface area contributed by atoms with Crippen molar-refractivity contribution in [1.82, 2.24) is 20.0 Å². The van der Waals surface area contributed by atoms with E-state index in [-0.39, 0.29) is 17.4 Å². The summed E-state index contributed by atoms with van der Waals surface area (Å²) in [4.78, 5) is 23.0. The van der Waals surface area contributed by atoms with Gasteiger partial charge in [0.1, 0.15) is 0 Å². The Bertz CT molecular complexity index is 691. The smallest absolute Gasteiger partial charge is 0.227 e. The predicted octanol–water partition coefficient (Wildman–Crippen LogP) is 3.06. The summed E-state index contributed by atoms with van der Waals surface area (Å²) >= 11 is 0. The van der Waals surface area contributed by atoms with Gasteiger partial charge in [-0.1, -0.05) is 25.9 Å². The van der Waals surface area contributed by atoms with Crippen LogP contribution >= 0.6 is 0 Å². The molecule has 2 aromatic heterocycles. The number of hydrogen-bond acceptors (Lipinski definition) is 5. The second-order valence-corrected chi connectivity index (χ2v) is 7.29. The van der Waals surface area contributed by atoms with Crippen molar-refractivity contribution in [3.8, 4) is 0 Å². The SMILES string of the molecule is CC(C)(C)c1noc(CCC(=O)N2CCC[C@H]2c2ccncc2)n1. The summed E-state index contributed by atoms with van der Waals surface area (Å²) in [6, 6.07) is 4.14. The first-order valence-electron chi connectivity index (χ1n) is 8.47. The number of hydrogen-bond donors (Lipinski definition) is 0. The zero-order valence-electron chi connectivity index (χ0n) is 14.5. The normalized spacial score (nSPS) is 18.1. The van der Waals surface area contributed by atoms with E-state index < -0.39 is 0 Å². The number of carbonyl (C=O) groups excluding carboxylic acids is 1. The van der Waals surface area contributed by atoms with E-state index in [1.807, 2.05) is 37.8 Å². The van der Waals surface area contributed by atoms with Crippen molar-refractivity contribution in [3.63, 3.8) is 0 Å². The van der Waals surface area contributed by atoms with Crippen molar-refractivity contribution in [2.75, 3.05) is 6.54 Å².